The highest BCUT2D eigenvalue weighted by atomic mass is 35.5. The van der Waals surface area contributed by atoms with Crippen molar-refractivity contribution in [2.45, 2.75) is 16.7 Å². The van der Waals surface area contributed by atoms with Crippen LogP contribution in [-0.4, -0.2) is 39.3 Å². The number of nitrogens with one attached hydrogen (secondary N) is 2. The van der Waals surface area contributed by atoms with Crippen molar-refractivity contribution in [2.75, 3.05) is 20.9 Å². The van der Waals surface area contributed by atoms with Crippen molar-refractivity contribution in [1.82, 2.24) is 9.97 Å². The highest BCUT2D eigenvalue weighted by molar-refractivity contribution is 7.93. The molecular weight excluding hydrogens is 550 g/mol. The minimum absolute atomic E-state index is 0.0234. The number of nitrogens with zero attached hydrogens (tertiary/aromatic N) is 3. The summed E-state index contributed by atoms with van der Waals surface area (Å²) in [5, 5.41) is 3.01. The Morgan fingerprint density at radius 2 is 1.42 bits per heavy atom. The zero-order valence-electron chi connectivity index (χ0n) is 19.9. The highest BCUT2D eigenvalue weighted by Gasteiger charge is 2.27. The topological polar surface area (TPSA) is 138 Å². The molecule has 0 atom stereocenters. The van der Waals surface area contributed by atoms with Gasteiger partial charge in [-0.2, -0.15) is 0 Å². The van der Waals surface area contributed by atoms with Crippen LogP contribution in [-0.2, 0) is 24.8 Å². The van der Waals surface area contributed by atoms with Gasteiger partial charge in [0.2, 0.25) is 11.9 Å². The molecule has 0 aliphatic heterocycles. The van der Waals surface area contributed by atoms with Gasteiger partial charge in [0.05, 0.1) is 15.5 Å². The number of sulfonamides is 2. The zero-order valence-corrected chi connectivity index (χ0v) is 22.3. The van der Waals surface area contributed by atoms with Crippen molar-refractivity contribution < 1.29 is 21.6 Å². The minimum atomic E-state index is -4.10. The van der Waals surface area contributed by atoms with E-state index in [2.05, 4.69) is 20.0 Å². The predicted molar refractivity (Wildman–Crippen MR) is 145 cm³/mol. The Hall–Kier alpha value is -4.00. The molecule has 0 spiro atoms. The molecule has 10 nitrogen and oxygen atoms in total. The van der Waals surface area contributed by atoms with Gasteiger partial charge in [0.15, 0.2) is 0 Å². The van der Waals surface area contributed by atoms with E-state index in [-0.39, 0.29) is 27.1 Å². The molecule has 0 saturated heterocycles. The van der Waals surface area contributed by atoms with E-state index in [4.69, 9.17) is 11.6 Å². The number of hydrogen-bond acceptors (Lipinski definition) is 7. The first-order chi connectivity index (χ1) is 18.0. The summed E-state index contributed by atoms with van der Waals surface area (Å²) in [6, 6.07) is 19.3. The first-order valence-electron chi connectivity index (χ1n) is 11.1. The molecule has 38 heavy (non-hydrogen) atoms. The third-order valence-corrected chi connectivity index (χ3v) is 8.63. The van der Waals surface area contributed by atoms with Gasteiger partial charge in [-0.1, -0.05) is 29.3 Å². The van der Waals surface area contributed by atoms with E-state index in [0.29, 0.717) is 5.02 Å². The zero-order chi connectivity index (χ0) is 27.3. The highest BCUT2D eigenvalue weighted by Crippen LogP contribution is 2.26. The van der Waals surface area contributed by atoms with Crippen molar-refractivity contribution in [3.63, 3.8) is 0 Å². The first-order valence-corrected chi connectivity index (χ1v) is 14.4. The first kappa shape index (κ1) is 27.0. The second-order valence-corrected chi connectivity index (χ2v) is 12.0. The summed E-state index contributed by atoms with van der Waals surface area (Å²) in [7, 11) is -8.05. The second-order valence-electron chi connectivity index (χ2n) is 8.05. The maximum Gasteiger partial charge on any atom is 0.264 e. The number of carbonyl (C=O) groups is 1. The number of hydrogen-bond donors (Lipinski definition) is 2. The fraction of sp³-hybridized carbons (Fsp3) is 0.0800. The molecular formula is C25H22ClN5O5S2. The van der Waals surface area contributed by atoms with E-state index >= 15 is 0 Å². The molecule has 0 fully saturated rings. The van der Waals surface area contributed by atoms with Crippen LogP contribution in [0.15, 0.2) is 101 Å². The largest absolute Gasteiger partial charge is 0.325 e. The molecule has 0 aliphatic rings. The van der Waals surface area contributed by atoms with E-state index in [1.807, 2.05) is 6.92 Å². The average molecular weight is 572 g/mol. The molecule has 0 saturated carbocycles. The molecule has 1 aromatic heterocycles. The average Bonchev–Trinajstić information content (AvgIpc) is 2.89. The maximum atomic E-state index is 13.5. The van der Waals surface area contributed by atoms with Gasteiger partial charge in [-0.05, 0) is 73.7 Å². The van der Waals surface area contributed by atoms with Crippen LogP contribution in [0.4, 0.5) is 17.3 Å². The minimum Gasteiger partial charge on any atom is -0.325 e. The summed E-state index contributed by atoms with van der Waals surface area (Å²) in [5.41, 5.74) is 1.41. The van der Waals surface area contributed by atoms with Gasteiger partial charge in [-0.3, -0.25) is 9.10 Å². The van der Waals surface area contributed by atoms with Gasteiger partial charge in [-0.25, -0.2) is 31.5 Å². The van der Waals surface area contributed by atoms with Gasteiger partial charge < -0.3 is 5.32 Å². The van der Waals surface area contributed by atoms with Crippen molar-refractivity contribution in [2.24, 2.45) is 0 Å². The van der Waals surface area contributed by atoms with Crippen LogP contribution in [0.25, 0.3) is 0 Å². The molecule has 0 aliphatic carbocycles. The summed E-state index contributed by atoms with van der Waals surface area (Å²) in [6.45, 7) is 1.30. The van der Waals surface area contributed by atoms with Gasteiger partial charge in [0.25, 0.3) is 20.0 Å². The Labute approximate surface area is 225 Å². The third-order valence-electron chi connectivity index (χ3n) is 5.25. The molecule has 196 valence electrons. The summed E-state index contributed by atoms with van der Waals surface area (Å²) in [4.78, 5) is 20.5. The number of carbonyl (C=O) groups excluding carboxylic acids is 1. The van der Waals surface area contributed by atoms with E-state index in [9.17, 15) is 21.6 Å². The summed E-state index contributed by atoms with van der Waals surface area (Å²) >= 11 is 5.97. The van der Waals surface area contributed by atoms with Gasteiger partial charge in [-0.15, -0.1) is 0 Å². The van der Waals surface area contributed by atoms with Crippen LogP contribution in [0.3, 0.4) is 0 Å². The van der Waals surface area contributed by atoms with Gasteiger partial charge in [0, 0.05) is 23.1 Å². The fourth-order valence-corrected chi connectivity index (χ4v) is 5.84. The van der Waals surface area contributed by atoms with Crippen LogP contribution in [0, 0.1) is 6.92 Å². The SMILES string of the molecule is Cc1ccc(S(=O)(=O)N(CC(=O)Nc2ccc(S(=O)(=O)Nc3ncccn3)cc2)c2ccc(Cl)cc2)cc1. The molecule has 4 rings (SSSR count). The number of halogens is 1. The molecule has 0 radical (unpaired) electrons. The fourth-order valence-electron chi connectivity index (χ4n) is 3.34. The number of rotatable bonds is 9. The number of aryl methyl sites for hydroxylation is 1. The number of amides is 1. The number of aromatic nitrogens is 2. The lowest BCUT2D eigenvalue weighted by Gasteiger charge is -2.24. The molecule has 0 unspecified atom stereocenters. The van der Waals surface area contributed by atoms with Crippen molar-refractivity contribution in [1.29, 1.82) is 0 Å². The third kappa shape index (κ3) is 6.46. The lowest BCUT2D eigenvalue weighted by atomic mass is 10.2. The van der Waals surface area contributed by atoms with Crippen LogP contribution in [0.5, 0.6) is 0 Å². The van der Waals surface area contributed by atoms with Crippen LogP contribution < -0.4 is 14.3 Å². The molecule has 0 bridgehead atoms. The monoisotopic (exact) mass is 571 g/mol. The molecule has 4 aromatic rings. The summed E-state index contributed by atoms with van der Waals surface area (Å²) in [5.74, 6) is -0.719. The van der Waals surface area contributed by atoms with Gasteiger partial charge >= 0.3 is 0 Å². The van der Waals surface area contributed by atoms with E-state index in [1.165, 1.54) is 73.1 Å². The smallest absolute Gasteiger partial charge is 0.264 e. The van der Waals surface area contributed by atoms with Crippen molar-refractivity contribution in [3.05, 3.63) is 102 Å². The van der Waals surface area contributed by atoms with Crippen molar-refractivity contribution in [3.8, 4) is 0 Å². The molecule has 3 aromatic carbocycles. The second kappa shape index (κ2) is 11.2. The standard InChI is InChI=1S/C25H22ClN5O5S2/c1-18-3-11-23(12-4-18)38(35,36)31(21-9-5-19(26)6-10-21)17-24(32)29-20-7-13-22(14-8-20)37(33,34)30-25-27-15-2-16-28-25/h2-16H,17H2,1H3,(H,29,32)(H,27,28,30). The summed E-state index contributed by atoms with van der Waals surface area (Å²) < 4.78 is 55.3. The lowest BCUT2D eigenvalue weighted by molar-refractivity contribution is -0.114. The Bertz CT molecular complexity index is 1630. The van der Waals surface area contributed by atoms with Crippen LogP contribution >= 0.6 is 11.6 Å². The Morgan fingerprint density at radius 3 is 2.03 bits per heavy atom. The lowest BCUT2D eigenvalue weighted by Crippen LogP contribution is -2.38. The molecule has 13 heteroatoms. The Balaban J connectivity index is 1.53. The Morgan fingerprint density at radius 1 is 0.842 bits per heavy atom. The quantitative estimate of drug-likeness (QED) is 0.309. The van der Waals surface area contributed by atoms with E-state index in [0.717, 1.165) is 9.87 Å². The van der Waals surface area contributed by atoms with E-state index < -0.39 is 32.5 Å². The normalized spacial score (nSPS) is 11.5. The maximum absolute atomic E-state index is 13.5. The molecule has 1 amide bonds. The number of benzene rings is 3. The number of anilines is 3. The Kier molecular flexibility index (Phi) is 7.95. The van der Waals surface area contributed by atoms with Crippen LogP contribution in [0.1, 0.15) is 5.56 Å². The van der Waals surface area contributed by atoms with Gasteiger partial charge in [0.1, 0.15) is 6.54 Å². The van der Waals surface area contributed by atoms with Crippen LogP contribution in [0.2, 0.25) is 5.02 Å². The molecule has 1 heterocycles. The van der Waals surface area contributed by atoms with Crippen molar-refractivity contribution >= 4 is 54.9 Å². The predicted octanol–water partition coefficient (Wildman–Crippen LogP) is 4.07. The molecule has 2 N–H and O–H groups in total. The summed E-state index contributed by atoms with van der Waals surface area (Å²) in [6.07, 6.45) is 2.80. The van der Waals surface area contributed by atoms with E-state index in [1.54, 1.807) is 18.2 Å².